The molecule has 0 bridgehead atoms. The van der Waals surface area contributed by atoms with Crippen LogP contribution in [0.5, 0.6) is 0 Å². The number of aromatic nitrogens is 3. The highest BCUT2D eigenvalue weighted by atomic mass is 32.2. The first kappa shape index (κ1) is 24.9. The Bertz CT molecular complexity index is 1150. The monoisotopic (exact) mass is 493 g/mol. The molecule has 184 valence electrons. The van der Waals surface area contributed by atoms with Gasteiger partial charge in [-0.05, 0) is 49.2 Å². The van der Waals surface area contributed by atoms with Gasteiger partial charge in [-0.15, -0.1) is 10.2 Å². The van der Waals surface area contributed by atoms with E-state index in [1.54, 1.807) is 24.3 Å². The van der Waals surface area contributed by atoms with Crippen LogP contribution in [0.3, 0.4) is 0 Å². The molecular formula is C26H31N5O3S. The van der Waals surface area contributed by atoms with Gasteiger partial charge in [-0.2, -0.15) is 0 Å². The molecule has 0 aliphatic carbocycles. The Hall–Kier alpha value is -3.17. The maximum Gasteiger partial charge on any atom is 0.232 e. The zero-order valence-electron chi connectivity index (χ0n) is 20.4. The minimum absolute atomic E-state index is 0.0126. The number of nitrogens with one attached hydrogen (secondary N) is 1. The van der Waals surface area contributed by atoms with Crippen LogP contribution in [0.4, 0.5) is 11.6 Å². The highest BCUT2D eigenvalue weighted by Crippen LogP contribution is 2.28. The lowest BCUT2D eigenvalue weighted by molar-refractivity contribution is -0.116. The Morgan fingerprint density at radius 2 is 1.71 bits per heavy atom. The molecule has 1 saturated heterocycles. The topological polar surface area (TPSA) is 89.3 Å². The van der Waals surface area contributed by atoms with Gasteiger partial charge in [0, 0.05) is 30.8 Å². The van der Waals surface area contributed by atoms with E-state index in [9.17, 15) is 9.59 Å². The maximum absolute atomic E-state index is 12.9. The average molecular weight is 494 g/mol. The molecule has 2 aromatic carbocycles. The predicted octanol–water partition coefficient (Wildman–Crippen LogP) is 4.37. The van der Waals surface area contributed by atoms with Crippen LogP contribution in [-0.2, 0) is 9.53 Å². The molecule has 0 atom stereocenters. The van der Waals surface area contributed by atoms with Gasteiger partial charge in [0.1, 0.15) is 0 Å². The Labute approximate surface area is 210 Å². The molecule has 4 rings (SSSR count). The molecule has 9 heteroatoms. The number of benzene rings is 2. The molecule has 1 N–H and O–H groups in total. The third-order valence-electron chi connectivity index (χ3n) is 5.62. The molecule has 0 saturated carbocycles. The van der Waals surface area contributed by atoms with Crippen molar-refractivity contribution >= 4 is 35.1 Å². The highest BCUT2D eigenvalue weighted by molar-refractivity contribution is 7.99. The van der Waals surface area contributed by atoms with Crippen molar-refractivity contribution in [1.29, 1.82) is 0 Å². The number of ether oxygens (including phenoxy) is 1. The zero-order chi connectivity index (χ0) is 24.8. The predicted molar refractivity (Wildman–Crippen MR) is 139 cm³/mol. The fraction of sp³-hybridized carbons (Fsp3) is 0.385. The van der Waals surface area contributed by atoms with Crippen molar-refractivity contribution in [3.8, 4) is 5.69 Å². The number of anilines is 2. The molecule has 35 heavy (non-hydrogen) atoms. The molecule has 2 heterocycles. The summed E-state index contributed by atoms with van der Waals surface area (Å²) in [5.74, 6) is 1.24. The van der Waals surface area contributed by atoms with Crippen molar-refractivity contribution in [2.75, 3.05) is 42.3 Å². The molecule has 1 amide bonds. The lowest BCUT2D eigenvalue weighted by Gasteiger charge is -2.27. The number of thioether (sulfide) groups is 1. The summed E-state index contributed by atoms with van der Waals surface area (Å²) in [6.45, 7) is 8.84. The number of rotatable bonds is 9. The molecule has 0 unspecified atom stereocenters. The van der Waals surface area contributed by atoms with Crippen LogP contribution in [0.25, 0.3) is 5.69 Å². The van der Waals surface area contributed by atoms with Crippen molar-refractivity contribution in [3.05, 3.63) is 59.7 Å². The summed E-state index contributed by atoms with van der Waals surface area (Å²) in [5.41, 5.74) is 3.41. The normalized spacial score (nSPS) is 13.8. The fourth-order valence-corrected chi connectivity index (χ4v) is 4.62. The third-order valence-corrected chi connectivity index (χ3v) is 6.55. The summed E-state index contributed by atoms with van der Waals surface area (Å²) in [4.78, 5) is 27.0. The average Bonchev–Trinajstić information content (AvgIpc) is 3.27. The van der Waals surface area contributed by atoms with Gasteiger partial charge in [0.05, 0.1) is 24.7 Å². The van der Waals surface area contributed by atoms with E-state index in [-0.39, 0.29) is 17.4 Å². The lowest BCUT2D eigenvalue weighted by Crippen LogP contribution is -2.37. The molecule has 1 aliphatic rings. The van der Waals surface area contributed by atoms with Crippen molar-refractivity contribution in [1.82, 2.24) is 14.8 Å². The molecule has 1 aromatic heterocycles. The van der Waals surface area contributed by atoms with Crippen LogP contribution in [0.15, 0.2) is 53.7 Å². The molecule has 0 spiro atoms. The van der Waals surface area contributed by atoms with Gasteiger partial charge in [0.2, 0.25) is 11.9 Å². The number of carbonyl (C=O) groups is 2. The number of nitrogens with zero attached hydrogens (tertiary/aromatic N) is 4. The van der Waals surface area contributed by atoms with Gasteiger partial charge in [0.15, 0.2) is 10.9 Å². The van der Waals surface area contributed by atoms with E-state index in [0.29, 0.717) is 42.0 Å². The number of morpholine rings is 1. The van der Waals surface area contributed by atoms with Crippen LogP contribution < -0.4 is 10.2 Å². The van der Waals surface area contributed by atoms with E-state index < -0.39 is 0 Å². The van der Waals surface area contributed by atoms with E-state index >= 15 is 0 Å². The van der Waals surface area contributed by atoms with Crippen LogP contribution >= 0.6 is 11.8 Å². The van der Waals surface area contributed by atoms with Crippen molar-refractivity contribution in [3.63, 3.8) is 0 Å². The number of carbonyl (C=O) groups excluding carboxylic acids is 2. The number of hydrogen-bond donors (Lipinski definition) is 1. The quantitative estimate of drug-likeness (QED) is 0.350. The van der Waals surface area contributed by atoms with Gasteiger partial charge in [-0.25, -0.2) is 0 Å². The molecule has 0 radical (unpaired) electrons. The molecule has 1 aliphatic heterocycles. The maximum atomic E-state index is 12.9. The van der Waals surface area contributed by atoms with Gasteiger partial charge in [-0.3, -0.25) is 14.2 Å². The van der Waals surface area contributed by atoms with Crippen LogP contribution in [0.2, 0.25) is 0 Å². The van der Waals surface area contributed by atoms with E-state index in [0.717, 1.165) is 24.7 Å². The first-order chi connectivity index (χ1) is 16.9. The highest BCUT2D eigenvalue weighted by Gasteiger charge is 2.22. The van der Waals surface area contributed by atoms with Crippen LogP contribution in [0.1, 0.15) is 36.2 Å². The second-order valence-corrected chi connectivity index (χ2v) is 9.93. The largest absolute Gasteiger partial charge is 0.378 e. The summed E-state index contributed by atoms with van der Waals surface area (Å²) >= 11 is 1.37. The third kappa shape index (κ3) is 6.49. The van der Waals surface area contributed by atoms with Crippen molar-refractivity contribution in [2.45, 2.75) is 32.3 Å². The standard InChI is InChI=1S/C26H31N5O3S/c1-18(2)16-24(33)27-21-8-6-20(7-9-21)23(32)17-35-26-29-28-25(30-12-14-34-15-13-30)31(26)22-10-4-19(3)5-11-22/h4-11,18H,12-17H2,1-3H3,(H,27,33). The van der Waals surface area contributed by atoms with Gasteiger partial charge in [-0.1, -0.05) is 43.3 Å². The summed E-state index contributed by atoms with van der Waals surface area (Å²) in [5, 5.41) is 12.4. The molecule has 8 nitrogen and oxygen atoms in total. The Morgan fingerprint density at radius 1 is 1.03 bits per heavy atom. The summed E-state index contributed by atoms with van der Waals surface area (Å²) < 4.78 is 7.50. The summed E-state index contributed by atoms with van der Waals surface area (Å²) in [6.07, 6.45) is 0.464. The second-order valence-electron chi connectivity index (χ2n) is 8.99. The Balaban J connectivity index is 1.47. The Morgan fingerprint density at radius 3 is 2.37 bits per heavy atom. The first-order valence-corrected chi connectivity index (χ1v) is 12.8. The van der Waals surface area contributed by atoms with Crippen LogP contribution in [0, 0.1) is 12.8 Å². The number of hydrogen-bond acceptors (Lipinski definition) is 7. The van der Waals surface area contributed by atoms with Crippen molar-refractivity contribution in [2.24, 2.45) is 5.92 Å². The second kappa shape index (κ2) is 11.5. The number of Topliss-reactive ketones (excluding diaryl/α,β-unsaturated/α-hetero) is 1. The van der Waals surface area contributed by atoms with E-state index in [4.69, 9.17) is 4.74 Å². The van der Waals surface area contributed by atoms with Crippen LogP contribution in [-0.4, -0.2) is 58.5 Å². The van der Waals surface area contributed by atoms with E-state index in [1.807, 2.05) is 37.5 Å². The van der Waals surface area contributed by atoms with Crippen molar-refractivity contribution < 1.29 is 14.3 Å². The molecule has 3 aromatic rings. The van der Waals surface area contributed by atoms with Gasteiger partial charge in [0.25, 0.3) is 0 Å². The first-order valence-electron chi connectivity index (χ1n) is 11.8. The number of aryl methyl sites for hydroxylation is 1. The smallest absolute Gasteiger partial charge is 0.232 e. The summed E-state index contributed by atoms with van der Waals surface area (Å²) in [6, 6.07) is 15.2. The van der Waals surface area contributed by atoms with Gasteiger partial charge < -0.3 is 15.0 Å². The SMILES string of the molecule is Cc1ccc(-n2c(SCC(=O)c3ccc(NC(=O)CC(C)C)cc3)nnc2N2CCOCC2)cc1. The minimum atomic E-state index is -0.0267. The molecular weight excluding hydrogens is 462 g/mol. The lowest BCUT2D eigenvalue weighted by atomic mass is 10.1. The summed E-state index contributed by atoms with van der Waals surface area (Å²) in [7, 11) is 0. The molecule has 1 fully saturated rings. The van der Waals surface area contributed by atoms with E-state index in [1.165, 1.54) is 17.3 Å². The minimum Gasteiger partial charge on any atom is -0.378 e. The van der Waals surface area contributed by atoms with E-state index in [2.05, 4.69) is 32.5 Å². The number of amides is 1. The zero-order valence-corrected chi connectivity index (χ0v) is 21.2. The Kier molecular flexibility index (Phi) is 8.20. The van der Waals surface area contributed by atoms with Gasteiger partial charge >= 0.3 is 0 Å². The fourth-order valence-electron chi connectivity index (χ4n) is 3.78. The number of ketones is 1.